The summed E-state index contributed by atoms with van der Waals surface area (Å²) in [6.45, 7) is 4.88. The highest BCUT2D eigenvalue weighted by Crippen LogP contribution is 2.00. The summed E-state index contributed by atoms with van der Waals surface area (Å²) in [5.41, 5.74) is 0.917. The minimum absolute atomic E-state index is 0.287. The lowest BCUT2D eigenvalue weighted by Crippen LogP contribution is -1.98. The fourth-order valence-corrected chi connectivity index (χ4v) is 1.24. The molecule has 4 nitrogen and oxygen atoms in total. The third-order valence-corrected chi connectivity index (χ3v) is 2.09. The van der Waals surface area contributed by atoms with Crippen LogP contribution in [-0.2, 0) is 17.8 Å². The first-order chi connectivity index (χ1) is 6.76. The van der Waals surface area contributed by atoms with Gasteiger partial charge >= 0.3 is 0 Å². The van der Waals surface area contributed by atoms with E-state index >= 15 is 0 Å². The molecule has 0 amide bonds. The number of carbonyl (C=O) groups is 1. The van der Waals surface area contributed by atoms with Gasteiger partial charge in [0, 0.05) is 25.6 Å². The SMILES string of the molecule is CCCn1cc(CCC(=O)CC)nn1. The predicted molar refractivity (Wildman–Crippen MR) is 53.9 cm³/mol. The lowest BCUT2D eigenvalue weighted by Gasteiger charge is -1.94. The summed E-state index contributed by atoms with van der Waals surface area (Å²) in [5.74, 6) is 0.287. The number of nitrogens with zero attached hydrogens (tertiary/aromatic N) is 3. The van der Waals surface area contributed by atoms with Gasteiger partial charge < -0.3 is 0 Å². The first kappa shape index (κ1) is 10.9. The van der Waals surface area contributed by atoms with Gasteiger partial charge in [0.05, 0.1) is 5.69 Å². The van der Waals surface area contributed by atoms with E-state index in [0.717, 1.165) is 25.1 Å². The van der Waals surface area contributed by atoms with Crippen molar-refractivity contribution in [2.24, 2.45) is 0 Å². The molecule has 4 heteroatoms. The van der Waals surface area contributed by atoms with E-state index in [0.29, 0.717) is 12.8 Å². The summed E-state index contributed by atoms with van der Waals surface area (Å²) >= 11 is 0. The molecular formula is C10H17N3O. The molecule has 0 bridgehead atoms. The Morgan fingerprint density at radius 1 is 1.50 bits per heavy atom. The van der Waals surface area contributed by atoms with Crippen molar-refractivity contribution in [1.82, 2.24) is 15.0 Å². The minimum Gasteiger partial charge on any atom is -0.300 e. The molecule has 1 heterocycles. The van der Waals surface area contributed by atoms with Crippen LogP contribution in [0.2, 0.25) is 0 Å². The first-order valence-electron chi connectivity index (χ1n) is 5.17. The van der Waals surface area contributed by atoms with E-state index < -0.39 is 0 Å². The molecule has 1 aromatic heterocycles. The van der Waals surface area contributed by atoms with Gasteiger partial charge in [-0.25, -0.2) is 0 Å². The molecule has 14 heavy (non-hydrogen) atoms. The lowest BCUT2D eigenvalue weighted by molar-refractivity contribution is -0.118. The molecule has 0 spiro atoms. The Bertz CT molecular complexity index is 293. The van der Waals surface area contributed by atoms with Crippen molar-refractivity contribution >= 4 is 5.78 Å². The summed E-state index contributed by atoms with van der Waals surface area (Å²) in [6, 6.07) is 0. The summed E-state index contributed by atoms with van der Waals surface area (Å²) in [4.78, 5) is 11.1. The van der Waals surface area contributed by atoms with Crippen LogP contribution >= 0.6 is 0 Å². The monoisotopic (exact) mass is 195 g/mol. The Hall–Kier alpha value is -1.19. The van der Waals surface area contributed by atoms with E-state index in [1.54, 1.807) is 0 Å². The van der Waals surface area contributed by atoms with Crippen molar-refractivity contribution in [1.29, 1.82) is 0 Å². The van der Waals surface area contributed by atoms with Crippen LogP contribution in [0.5, 0.6) is 0 Å². The van der Waals surface area contributed by atoms with Crippen LogP contribution in [0.3, 0.4) is 0 Å². The summed E-state index contributed by atoms with van der Waals surface area (Å²) < 4.78 is 1.83. The molecule has 0 aliphatic heterocycles. The number of aromatic nitrogens is 3. The standard InChI is InChI=1S/C10H17N3O/c1-3-7-13-8-9(11-12-13)5-6-10(14)4-2/h8H,3-7H2,1-2H3. The van der Waals surface area contributed by atoms with E-state index in [1.165, 1.54) is 0 Å². The second kappa shape index (κ2) is 5.52. The van der Waals surface area contributed by atoms with E-state index in [1.807, 2.05) is 17.8 Å². The Morgan fingerprint density at radius 3 is 2.93 bits per heavy atom. The van der Waals surface area contributed by atoms with E-state index in [-0.39, 0.29) is 5.78 Å². The van der Waals surface area contributed by atoms with Crippen LogP contribution in [0.4, 0.5) is 0 Å². The molecule has 1 rings (SSSR count). The predicted octanol–water partition coefficient (Wildman–Crippen LogP) is 1.60. The van der Waals surface area contributed by atoms with Gasteiger partial charge in [0.25, 0.3) is 0 Å². The van der Waals surface area contributed by atoms with Crippen LogP contribution in [0.15, 0.2) is 6.20 Å². The molecule has 0 saturated carbocycles. The molecule has 0 saturated heterocycles. The minimum atomic E-state index is 0.287. The number of carbonyl (C=O) groups excluding carboxylic acids is 1. The van der Waals surface area contributed by atoms with Crippen molar-refractivity contribution in [3.05, 3.63) is 11.9 Å². The molecule has 0 atom stereocenters. The zero-order valence-electron chi connectivity index (χ0n) is 8.86. The fourth-order valence-electron chi connectivity index (χ4n) is 1.24. The number of ketones is 1. The Kier molecular flexibility index (Phi) is 4.29. The van der Waals surface area contributed by atoms with Gasteiger partial charge in [0.2, 0.25) is 0 Å². The highest BCUT2D eigenvalue weighted by atomic mass is 16.1. The van der Waals surface area contributed by atoms with E-state index in [4.69, 9.17) is 0 Å². The molecule has 1 aromatic rings. The van der Waals surface area contributed by atoms with Crippen LogP contribution in [0.1, 0.15) is 38.8 Å². The van der Waals surface area contributed by atoms with E-state index in [9.17, 15) is 4.79 Å². The number of rotatable bonds is 6. The third kappa shape index (κ3) is 3.28. The maximum absolute atomic E-state index is 11.1. The fraction of sp³-hybridized carbons (Fsp3) is 0.700. The van der Waals surface area contributed by atoms with Gasteiger partial charge in [0.1, 0.15) is 5.78 Å². The van der Waals surface area contributed by atoms with Gasteiger partial charge in [-0.05, 0) is 12.8 Å². The quantitative estimate of drug-likeness (QED) is 0.692. The maximum Gasteiger partial charge on any atom is 0.133 e. The first-order valence-corrected chi connectivity index (χ1v) is 5.17. The molecule has 0 unspecified atom stereocenters. The zero-order chi connectivity index (χ0) is 10.4. The van der Waals surface area contributed by atoms with Gasteiger partial charge in [-0.15, -0.1) is 5.10 Å². The molecule has 0 fully saturated rings. The van der Waals surface area contributed by atoms with Crippen LogP contribution in [0.25, 0.3) is 0 Å². The van der Waals surface area contributed by atoms with Gasteiger partial charge in [-0.3, -0.25) is 9.48 Å². The maximum atomic E-state index is 11.1. The van der Waals surface area contributed by atoms with Crippen molar-refractivity contribution in [3.63, 3.8) is 0 Å². The Balaban J connectivity index is 2.39. The summed E-state index contributed by atoms with van der Waals surface area (Å²) in [6.07, 6.45) is 4.89. The highest BCUT2D eigenvalue weighted by molar-refractivity contribution is 5.78. The average molecular weight is 195 g/mol. The van der Waals surface area contributed by atoms with E-state index in [2.05, 4.69) is 17.2 Å². The average Bonchev–Trinajstić information content (AvgIpc) is 2.63. The second-order valence-corrected chi connectivity index (χ2v) is 3.37. The molecule has 0 N–H and O–H groups in total. The number of Topliss-reactive ketones (excluding diaryl/α,β-unsaturated/α-hetero) is 1. The summed E-state index contributed by atoms with van der Waals surface area (Å²) in [7, 11) is 0. The normalized spacial score (nSPS) is 10.4. The number of hydrogen-bond donors (Lipinski definition) is 0. The Labute approximate surface area is 84.3 Å². The highest BCUT2D eigenvalue weighted by Gasteiger charge is 2.03. The van der Waals surface area contributed by atoms with Crippen LogP contribution in [0, 0.1) is 0 Å². The smallest absolute Gasteiger partial charge is 0.133 e. The number of hydrogen-bond acceptors (Lipinski definition) is 3. The molecular weight excluding hydrogens is 178 g/mol. The van der Waals surface area contributed by atoms with Gasteiger partial charge in [-0.2, -0.15) is 0 Å². The van der Waals surface area contributed by atoms with Crippen LogP contribution in [-0.4, -0.2) is 20.8 Å². The van der Waals surface area contributed by atoms with Crippen molar-refractivity contribution < 1.29 is 4.79 Å². The van der Waals surface area contributed by atoms with Crippen LogP contribution < -0.4 is 0 Å². The Morgan fingerprint density at radius 2 is 2.29 bits per heavy atom. The molecule has 0 aromatic carbocycles. The van der Waals surface area contributed by atoms with Crippen molar-refractivity contribution in [2.45, 2.75) is 46.1 Å². The van der Waals surface area contributed by atoms with Gasteiger partial charge in [-0.1, -0.05) is 19.1 Å². The third-order valence-electron chi connectivity index (χ3n) is 2.09. The number of aryl methyl sites for hydroxylation is 2. The zero-order valence-corrected chi connectivity index (χ0v) is 8.86. The molecule has 0 aliphatic rings. The van der Waals surface area contributed by atoms with Gasteiger partial charge in [0.15, 0.2) is 0 Å². The van der Waals surface area contributed by atoms with Crippen molar-refractivity contribution in [2.75, 3.05) is 0 Å². The lowest BCUT2D eigenvalue weighted by atomic mass is 10.1. The molecule has 0 radical (unpaired) electrons. The summed E-state index contributed by atoms with van der Waals surface area (Å²) in [5, 5.41) is 7.97. The second-order valence-electron chi connectivity index (χ2n) is 3.37. The molecule has 0 aliphatic carbocycles. The molecule has 78 valence electrons. The van der Waals surface area contributed by atoms with Crippen molar-refractivity contribution in [3.8, 4) is 0 Å². The topological polar surface area (TPSA) is 47.8 Å². The largest absolute Gasteiger partial charge is 0.300 e.